The molecule has 1 aliphatic carbocycles. The van der Waals surface area contributed by atoms with Crippen LogP contribution in [0.3, 0.4) is 0 Å². The second-order valence-electron chi connectivity index (χ2n) is 13.5. The molecule has 0 aromatic carbocycles. The summed E-state index contributed by atoms with van der Waals surface area (Å²) in [5.74, 6) is 5.17. The standard InChI is InChI=1S/C39H63N4O13P/c1-6-18-50-24-27-53-21-15-40-35(44)9-12-39(13-10-36(45)41-16-22-54-28-25-51-19-7-2,14-11-37(46)42-17-23-55-29-26-52-20-8-3)43-38(47)33-30-34(31-33)56-57(48,49)32(4)5/h1-3,32-34H,9-31H2,4-5H3,(H,40,44)(H,41,45)(H,42,46)(H,43,47)(H,48,49)/p-1. The van der Waals surface area contributed by atoms with Crippen molar-refractivity contribution in [1.29, 1.82) is 0 Å². The van der Waals surface area contributed by atoms with Crippen LogP contribution in [0.25, 0.3) is 0 Å². The predicted molar refractivity (Wildman–Crippen MR) is 209 cm³/mol. The topological polar surface area (TPSA) is 221 Å². The van der Waals surface area contributed by atoms with E-state index in [0.717, 1.165) is 0 Å². The van der Waals surface area contributed by atoms with Crippen molar-refractivity contribution in [2.75, 3.05) is 98.9 Å². The highest BCUT2D eigenvalue weighted by atomic mass is 31.2. The Morgan fingerprint density at radius 1 is 0.649 bits per heavy atom. The average molecular weight is 826 g/mol. The van der Waals surface area contributed by atoms with E-state index in [2.05, 4.69) is 39.0 Å². The maximum atomic E-state index is 13.7. The first-order chi connectivity index (χ1) is 27.4. The molecular formula is C39H62N4O13P-. The lowest BCUT2D eigenvalue weighted by Gasteiger charge is -2.42. The van der Waals surface area contributed by atoms with Crippen molar-refractivity contribution in [3.63, 3.8) is 0 Å². The van der Waals surface area contributed by atoms with Crippen molar-refractivity contribution < 1.29 is 61.6 Å². The van der Waals surface area contributed by atoms with E-state index in [1.54, 1.807) is 0 Å². The van der Waals surface area contributed by atoms with Gasteiger partial charge in [-0.05, 0) is 32.1 Å². The third-order valence-electron chi connectivity index (χ3n) is 8.65. The van der Waals surface area contributed by atoms with Crippen molar-refractivity contribution in [1.82, 2.24) is 21.3 Å². The van der Waals surface area contributed by atoms with Crippen LogP contribution >= 0.6 is 7.60 Å². The van der Waals surface area contributed by atoms with Gasteiger partial charge in [0, 0.05) is 56.0 Å². The number of carbonyl (C=O) groups excluding carboxylic acids is 4. The van der Waals surface area contributed by atoms with Gasteiger partial charge in [0.2, 0.25) is 23.6 Å². The SMILES string of the molecule is C#CCOCCOCCNC(=O)CCC(CCC(=O)NCCOCCOCC#C)(CCC(=O)NCCOCCOCC#C)NC(=O)C1CC(OP(=O)([O-])C(C)C)C1. The van der Waals surface area contributed by atoms with Crippen LogP contribution in [0.2, 0.25) is 0 Å². The van der Waals surface area contributed by atoms with Gasteiger partial charge in [0.05, 0.1) is 65.6 Å². The molecule has 1 fully saturated rings. The molecule has 322 valence electrons. The summed E-state index contributed by atoms with van der Waals surface area (Å²) in [6, 6.07) is 0. The molecule has 0 heterocycles. The van der Waals surface area contributed by atoms with E-state index in [4.69, 9.17) is 52.2 Å². The zero-order valence-corrected chi connectivity index (χ0v) is 34.4. The molecule has 0 aromatic heterocycles. The Balaban J connectivity index is 2.99. The van der Waals surface area contributed by atoms with E-state index in [1.807, 2.05) is 0 Å². The van der Waals surface area contributed by atoms with Crippen molar-refractivity contribution in [3.05, 3.63) is 0 Å². The van der Waals surface area contributed by atoms with Gasteiger partial charge >= 0.3 is 0 Å². The molecule has 1 aliphatic rings. The van der Waals surface area contributed by atoms with Crippen LogP contribution in [-0.2, 0) is 56.7 Å². The number of hydrogen-bond donors (Lipinski definition) is 4. The number of hydrogen-bond acceptors (Lipinski definition) is 13. The summed E-state index contributed by atoms with van der Waals surface area (Å²) in [7, 11) is -4.09. The Morgan fingerprint density at radius 2 is 1.00 bits per heavy atom. The smallest absolute Gasteiger partial charge is 0.223 e. The van der Waals surface area contributed by atoms with Crippen LogP contribution in [0.15, 0.2) is 0 Å². The van der Waals surface area contributed by atoms with Crippen LogP contribution in [0, 0.1) is 42.9 Å². The van der Waals surface area contributed by atoms with E-state index < -0.39 is 30.8 Å². The molecule has 0 aromatic rings. The summed E-state index contributed by atoms with van der Waals surface area (Å²) in [4.78, 5) is 65.0. The molecule has 0 aliphatic heterocycles. The van der Waals surface area contributed by atoms with Gasteiger partial charge in [-0.15, -0.1) is 19.3 Å². The zero-order chi connectivity index (χ0) is 42.2. The van der Waals surface area contributed by atoms with Crippen molar-refractivity contribution >= 4 is 31.2 Å². The molecule has 57 heavy (non-hydrogen) atoms. The highest BCUT2D eigenvalue weighted by Crippen LogP contribution is 2.48. The number of rotatable bonds is 35. The maximum Gasteiger partial charge on any atom is 0.223 e. The summed E-state index contributed by atoms with van der Waals surface area (Å²) in [5.41, 5.74) is -1.87. The monoisotopic (exact) mass is 825 g/mol. The Labute approximate surface area is 337 Å². The first-order valence-electron chi connectivity index (χ1n) is 19.3. The normalized spacial score (nSPS) is 15.9. The van der Waals surface area contributed by atoms with Gasteiger partial charge in [-0.25, -0.2) is 0 Å². The molecule has 18 heteroatoms. The van der Waals surface area contributed by atoms with E-state index in [0.29, 0.717) is 39.6 Å². The third-order valence-corrected chi connectivity index (χ3v) is 10.5. The number of carbonyl (C=O) groups is 4. The fraction of sp³-hybridized carbons (Fsp3) is 0.744. The van der Waals surface area contributed by atoms with Crippen LogP contribution in [0.1, 0.15) is 65.2 Å². The van der Waals surface area contributed by atoms with Gasteiger partial charge in [0.1, 0.15) is 27.4 Å². The molecule has 4 amide bonds. The summed E-state index contributed by atoms with van der Waals surface area (Å²) < 4.78 is 49.4. The van der Waals surface area contributed by atoms with Crippen LogP contribution in [0.4, 0.5) is 0 Å². The van der Waals surface area contributed by atoms with E-state index >= 15 is 0 Å². The number of amides is 4. The fourth-order valence-corrected chi connectivity index (χ4v) is 6.12. The molecular weight excluding hydrogens is 763 g/mol. The summed E-state index contributed by atoms with van der Waals surface area (Å²) in [6.45, 7) is 6.76. The minimum atomic E-state index is -4.09. The molecule has 4 N–H and O–H groups in total. The molecule has 1 saturated carbocycles. The van der Waals surface area contributed by atoms with E-state index in [-0.39, 0.29) is 134 Å². The molecule has 0 saturated heterocycles. The van der Waals surface area contributed by atoms with Crippen molar-refractivity contribution in [2.45, 2.75) is 82.5 Å². The van der Waals surface area contributed by atoms with Crippen LogP contribution < -0.4 is 26.2 Å². The first kappa shape index (κ1) is 51.5. The van der Waals surface area contributed by atoms with Gasteiger partial charge < -0.3 is 63.7 Å². The maximum absolute atomic E-state index is 13.7. The Morgan fingerprint density at radius 3 is 1.33 bits per heavy atom. The molecule has 0 spiro atoms. The number of nitrogens with one attached hydrogen (secondary N) is 4. The van der Waals surface area contributed by atoms with Gasteiger partial charge in [-0.3, -0.25) is 19.2 Å². The van der Waals surface area contributed by atoms with Crippen molar-refractivity contribution in [2.24, 2.45) is 5.92 Å². The summed E-state index contributed by atoms with van der Waals surface area (Å²) in [6.07, 6.45) is 15.4. The zero-order valence-electron chi connectivity index (χ0n) is 33.5. The summed E-state index contributed by atoms with van der Waals surface area (Å²) in [5, 5.41) is 11.4. The molecule has 1 rings (SSSR count). The number of terminal acetylenes is 3. The Hall–Kier alpha value is -3.53. The highest BCUT2D eigenvalue weighted by Gasteiger charge is 2.41. The van der Waals surface area contributed by atoms with E-state index in [1.165, 1.54) is 13.8 Å². The quantitative estimate of drug-likeness (QED) is 0.0384. The summed E-state index contributed by atoms with van der Waals surface area (Å²) >= 11 is 0. The highest BCUT2D eigenvalue weighted by molar-refractivity contribution is 7.52. The lowest BCUT2D eigenvalue weighted by Crippen LogP contribution is -2.54. The molecule has 0 radical (unpaired) electrons. The van der Waals surface area contributed by atoms with Gasteiger partial charge in [0.15, 0.2) is 0 Å². The van der Waals surface area contributed by atoms with E-state index in [9.17, 15) is 28.6 Å². The number of ether oxygens (including phenoxy) is 6. The lowest BCUT2D eigenvalue weighted by molar-refractivity contribution is -0.209. The van der Waals surface area contributed by atoms with Crippen LogP contribution in [0.5, 0.6) is 0 Å². The molecule has 1 unspecified atom stereocenters. The molecule has 1 atom stereocenters. The minimum absolute atomic E-state index is 0.0376. The second-order valence-corrected chi connectivity index (χ2v) is 15.8. The predicted octanol–water partition coefficient (Wildman–Crippen LogP) is 0.287. The minimum Gasteiger partial charge on any atom is -0.778 e. The van der Waals surface area contributed by atoms with Crippen LogP contribution in [-0.4, -0.2) is 140 Å². The Kier molecular flexibility index (Phi) is 28.4. The van der Waals surface area contributed by atoms with Gasteiger partial charge in [-0.1, -0.05) is 31.6 Å². The lowest BCUT2D eigenvalue weighted by atomic mass is 9.78. The fourth-order valence-electron chi connectivity index (χ4n) is 5.29. The molecule has 17 nitrogen and oxygen atoms in total. The first-order valence-corrected chi connectivity index (χ1v) is 20.9. The van der Waals surface area contributed by atoms with Gasteiger partial charge in [-0.2, -0.15) is 0 Å². The third kappa shape index (κ3) is 25.4. The van der Waals surface area contributed by atoms with Crippen molar-refractivity contribution in [3.8, 4) is 37.0 Å². The largest absolute Gasteiger partial charge is 0.778 e. The average Bonchev–Trinajstić information content (AvgIpc) is 3.16. The second kappa shape index (κ2) is 31.5. The van der Waals surface area contributed by atoms with Gasteiger partial charge in [0.25, 0.3) is 0 Å². The molecule has 0 bridgehead atoms. The Bertz CT molecular complexity index is 1240.